The molecule has 2 heterocycles. The van der Waals surface area contributed by atoms with E-state index in [2.05, 4.69) is 9.82 Å². The molecule has 0 bridgehead atoms. The van der Waals surface area contributed by atoms with Crippen LogP contribution in [0.25, 0.3) is 10.6 Å². The first-order valence-electron chi connectivity index (χ1n) is 9.21. The quantitative estimate of drug-likeness (QED) is 0.590. The van der Waals surface area contributed by atoms with E-state index in [9.17, 15) is 13.2 Å². The minimum absolute atomic E-state index is 0.116. The molecule has 1 saturated carbocycles. The van der Waals surface area contributed by atoms with Crippen molar-refractivity contribution in [2.45, 2.75) is 43.5 Å². The van der Waals surface area contributed by atoms with Gasteiger partial charge in [0.2, 0.25) is 0 Å². The summed E-state index contributed by atoms with van der Waals surface area (Å²) in [6, 6.07) is 10.5. The van der Waals surface area contributed by atoms with E-state index in [1.165, 1.54) is 18.3 Å². The highest BCUT2D eigenvalue weighted by Gasteiger charge is 2.27. The van der Waals surface area contributed by atoms with Crippen LogP contribution in [-0.4, -0.2) is 24.0 Å². The number of nitrogens with one attached hydrogen (secondary N) is 1. The smallest absolute Gasteiger partial charge is 0.265 e. The van der Waals surface area contributed by atoms with Gasteiger partial charge in [0.25, 0.3) is 10.0 Å². The Morgan fingerprint density at radius 2 is 2.00 bits per heavy atom. The molecule has 0 saturated heterocycles. The Labute approximate surface area is 168 Å². The predicted molar refractivity (Wildman–Crippen MR) is 110 cm³/mol. The van der Waals surface area contributed by atoms with Gasteiger partial charge >= 0.3 is 0 Å². The molecular formula is C20H21N3O3S2. The third-order valence-electron chi connectivity index (χ3n) is 4.96. The Morgan fingerprint density at radius 1 is 1.21 bits per heavy atom. The number of carbonyl (C=O) groups is 1. The van der Waals surface area contributed by atoms with E-state index in [4.69, 9.17) is 0 Å². The Kier molecular flexibility index (Phi) is 5.07. The maximum atomic E-state index is 13.2. The number of ketones is 1. The van der Waals surface area contributed by atoms with Gasteiger partial charge in [-0.3, -0.25) is 14.2 Å². The van der Waals surface area contributed by atoms with Crippen LogP contribution in [0, 0.1) is 0 Å². The zero-order valence-electron chi connectivity index (χ0n) is 15.5. The van der Waals surface area contributed by atoms with Crippen molar-refractivity contribution >= 4 is 32.8 Å². The van der Waals surface area contributed by atoms with Gasteiger partial charge in [0, 0.05) is 17.4 Å². The van der Waals surface area contributed by atoms with Gasteiger partial charge < -0.3 is 0 Å². The molecule has 0 radical (unpaired) electrons. The van der Waals surface area contributed by atoms with E-state index >= 15 is 0 Å². The highest BCUT2D eigenvalue weighted by atomic mass is 32.2. The number of nitrogens with zero attached hydrogens (tertiary/aromatic N) is 2. The first-order valence-corrected chi connectivity index (χ1v) is 11.6. The normalized spacial score (nSPS) is 15.0. The number of carbonyl (C=O) groups excluding carboxylic acids is 1. The molecule has 1 aromatic carbocycles. The summed E-state index contributed by atoms with van der Waals surface area (Å²) in [5.74, 6) is -0.116. The summed E-state index contributed by atoms with van der Waals surface area (Å²) in [6.45, 7) is 1.45. The maximum Gasteiger partial charge on any atom is 0.265 e. The van der Waals surface area contributed by atoms with Crippen molar-refractivity contribution in [2.24, 2.45) is 0 Å². The molecule has 28 heavy (non-hydrogen) atoms. The predicted octanol–water partition coefficient (Wildman–Crippen LogP) is 4.73. The Bertz CT molecular complexity index is 1100. The summed E-state index contributed by atoms with van der Waals surface area (Å²) < 4.78 is 30.8. The summed E-state index contributed by atoms with van der Waals surface area (Å²) >= 11 is 1.46. The summed E-state index contributed by atoms with van der Waals surface area (Å²) in [5, 5.41) is 6.55. The third kappa shape index (κ3) is 3.74. The first kappa shape index (κ1) is 18.9. The number of aromatic nitrogens is 2. The molecule has 1 aliphatic carbocycles. The van der Waals surface area contributed by atoms with Gasteiger partial charge in [-0.25, -0.2) is 8.42 Å². The molecule has 3 aromatic rings. The number of Topliss-reactive ketones (excluding diaryl/α,β-unsaturated/α-hetero) is 1. The fraction of sp³-hybridized carbons (Fsp3) is 0.300. The molecule has 6 nitrogen and oxygen atoms in total. The van der Waals surface area contributed by atoms with Crippen LogP contribution in [0.2, 0.25) is 0 Å². The first-order chi connectivity index (χ1) is 13.4. The lowest BCUT2D eigenvalue weighted by atomic mass is 10.1. The van der Waals surface area contributed by atoms with Gasteiger partial charge in [-0.1, -0.05) is 31.0 Å². The number of rotatable bonds is 6. The minimum Gasteiger partial charge on any atom is -0.295 e. The summed E-state index contributed by atoms with van der Waals surface area (Å²) in [4.78, 5) is 12.6. The second-order valence-corrected chi connectivity index (χ2v) is 9.58. The Balaban J connectivity index is 1.74. The zero-order valence-corrected chi connectivity index (χ0v) is 17.1. The average molecular weight is 416 g/mol. The van der Waals surface area contributed by atoms with Gasteiger partial charge in [-0.15, -0.1) is 11.3 Å². The molecule has 0 unspecified atom stereocenters. The van der Waals surface area contributed by atoms with E-state index in [0.717, 1.165) is 30.6 Å². The van der Waals surface area contributed by atoms with Crippen LogP contribution in [0.4, 0.5) is 5.69 Å². The summed E-state index contributed by atoms with van der Waals surface area (Å²) in [6.07, 6.45) is 5.94. The number of benzene rings is 1. The fourth-order valence-electron chi connectivity index (χ4n) is 3.52. The van der Waals surface area contributed by atoms with Crippen LogP contribution >= 0.6 is 11.3 Å². The van der Waals surface area contributed by atoms with Gasteiger partial charge in [0.05, 0.1) is 10.9 Å². The van der Waals surface area contributed by atoms with E-state index in [1.54, 1.807) is 30.5 Å². The van der Waals surface area contributed by atoms with Gasteiger partial charge in [-0.2, -0.15) is 5.10 Å². The number of hydrogen-bond acceptors (Lipinski definition) is 5. The fourth-order valence-corrected chi connectivity index (χ4v) is 5.51. The number of thiophene rings is 1. The van der Waals surface area contributed by atoms with Crippen LogP contribution in [0.15, 0.2) is 52.9 Å². The van der Waals surface area contributed by atoms with Crippen LogP contribution in [0.5, 0.6) is 0 Å². The molecule has 2 aromatic heterocycles. The van der Waals surface area contributed by atoms with E-state index in [1.807, 2.05) is 22.2 Å². The summed E-state index contributed by atoms with van der Waals surface area (Å²) in [7, 11) is -3.86. The second kappa shape index (κ2) is 7.52. The molecule has 1 aliphatic rings. The lowest BCUT2D eigenvalue weighted by Crippen LogP contribution is -2.13. The van der Waals surface area contributed by atoms with E-state index in [-0.39, 0.29) is 16.7 Å². The highest BCUT2D eigenvalue weighted by Crippen LogP contribution is 2.35. The standard InChI is InChI=1S/C20H21N3O3S2/c1-14(24)15-6-4-7-16(12-15)22-28(25,26)19-13-23(17-8-2-3-9-17)21-20(19)18-10-5-11-27-18/h4-7,10-13,17,22H,2-3,8-9H2,1H3. The molecular weight excluding hydrogens is 394 g/mol. The van der Waals surface area contributed by atoms with Crippen molar-refractivity contribution in [1.29, 1.82) is 0 Å². The third-order valence-corrected chi connectivity index (χ3v) is 7.22. The van der Waals surface area contributed by atoms with Crippen molar-refractivity contribution in [3.8, 4) is 10.6 Å². The zero-order chi connectivity index (χ0) is 19.7. The number of sulfonamides is 1. The Hall–Kier alpha value is -2.45. The van der Waals surface area contributed by atoms with Gasteiger partial charge in [-0.05, 0) is 43.3 Å². The monoisotopic (exact) mass is 415 g/mol. The molecule has 146 valence electrons. The number of hydrogen-bond donors (Lipinski definition) is 1. The van der Waals surface area contributed by atoms with Crippen molar-refractivity contribution in [1.82, 2.24) is 9.78 Å². The lowest BCUT2D eigenvalue weighted by molar-refractivity contribution is 0.101. The molecule has 0 spiro atoms. The van der Waals surface area contributed by atoms with Gasteiger partial charge in [0.1, 0.15) is 10.6 Å². The van der Waals surface area contributed by atoms with Crippen molar-refractivity contribution < 1.29 is 13.2 Å². The van der Waals surface area contributed by atoms with Crippen LogP contribution in [0.1, 0.15) is 49.0 Å². The average Bonchev–Trinajstić information content (AvgIpc) is 3.40. The van der Waals surface area contributed by atoms with Crippen molar-refractivity contribution in [3.05, 3.63) is 53.5 Å². The topological polar surface area (TPSA) is 81.1 Å². The summed E-state index contributed by atoms with van der Waals surface area (Å²) in [5.41, 5.74) is 1.29. The molecule has 0 aliphatic heterocycles. The van der Waals surface area contributed by atoms with Crippen molar-refractivity contribution in [3.63, 3.8) is 0 Å². The lowest BCUT2D eigenvalue weighted by Gasteiger charge is -2.09. The molecule has 0 atom stereocenters. The maximum absolute atomic E-state index is 13.2. The van der Waals surface area contributed by atoms with Crippen molar-refractivity contribution in [2.75, 3.05) is 4.72 Å². The molecule has 0 amide bonds. The van der Waals surface area contributed by atoms with Crippen LogP contribution < -0.4 is 4.72 Å². The van der Waals surface area contributed by atoms with E-state index in [0.29, 0.717) is 16.9 Å². The minimum atomic E-state index is -3.86. The Morgan fingerprint density at radius 3 is 2.68 bits per heavy atom. The van der Waals surface area contributed by atoms with Crippen LogP contribution in [0.3, 0.4) is 0 Å². The van der Waals surface area contributed by atoms with Gasteiger partial charge in [0.15, 0.2) is 5.78 Å². The molecule has 8 heteroatoms. The number of anilines is 1. The molecule has 4 rings (SSSR count). The molecule has 1 fully saturated rings. The largest absolute Gasteiger partial charge is 0.295 e. The second-order valence-electron chi connectivity index (χ2n) is 6.98. The highest BCUT2D eigenvalue weighted by molar-refractivity contribution is 7.92. The SMILES string of the molecule is CC(=O)c1cccc(NS(=O)(=O)c2cn(C3CCCC3)nc2-c2cccs2)c1. The molecule has 1 N–H and O–H groups in total. The van der Waals surface area contributed by atoms with E-state index < -0.39 is 10.0 Å². The van der Waals surface area contributed by atoms with Crippen LogP contribution in [-0.2, 0) is 10.0 Å².